The average Bonchev–Trinajstić information content (AvgIpc) is 2.94. The number of nitrogens with zero attached hydrogens (tertiary/aromatic N) is 2. The van der Waals surface area contributed by atoms with Crippen LogP contribution in [0.15, 0.2) is 79.1 Å². The van der Waals surface area contributed by atoms with Crippen molar-refractivity contribution in [1.82, 2.24) is 9.88 Å². The predicted molar refractivity (Wildman–Crippen MR) is 165 cm³/mol. The molecular weight excluding hydrogens is 541 g/mol. The van der Waals surface area contributed by atoms with Crippen LogP contribution in [0.3, 0.4) is 0 Å². The van der Waals surface area contributed by atoms with Crippen molar-refractivity contribution >= 4 is 34.9 Å². The van der Waals surface area contributed by atoms with E-state index in [0.717, 1.165) is 12.2 Å². The summed E-state index contributed by atoms with van der Waals surface area (Å²) in [6, 6.07) is 18.0. The minimum atomic E-state index is -0.0986. The number of morpholine rings is 1. The standard InChI is InChI=1S/C31H40N4O3S2/c1-20(2)35(21(3)4)17-23(19-37-5)33-22-11-12-27-29(16-22)39-28-10-6-8-24(30(28)40-27)26-18-34(14-15-38-26)25-9-7-13-32-31(25)36/h6-13,16,20-21,23,26,33H,14-15,17-19H2,1-5H3,(H,32,36)/t23?,26-/m1/s1. The summed E-state index contributed by atoms with van der Waals surface area (Å²) in [5, 5.41) is 3.74. The van der Waals surface area contributed by atoms with Crippen LogP contribution in [0.25, 0.3) is 0 Å². The number of pyridine rings is 1. The van der Waals surface area contributed by atoms with Crippen molar-refractivity contribution in [1.29, 1.82) is 0 Å². The smallest absolute Gasteiger partial charge is 0.271 e. The van der Waals surface area contributed by atoms with Crippen LogP contribution in [0.4, 0.5) is 11.4 Å². The van der Waals surface area contributed by atoms with E-state index in [9.17, 15) is 4.79 Å². The molecule has 2 aliphatic heterocycles. The Balaban J connectivity index is 1.33. The summed E-state index contributed by atoms with van der Waals surface area (Å²) >= 11 is 3.62. The van der Waals surface area contributed by atoms with E-state index < -0.39 is 0 Å². The maximum atomic E-state index is 12.4. The fourth-order valence-corrected chi connectivity index (χ4v) is 7.98. The van der Waals surface area contributed by atoms with E-state index in [1.807, 2.05) is 35.7 Å². The van der Waals surface area contributed by atoms with E-state index in [-0.39, 0.29) is 17.7 Å². The van der Waals surface area contributed by atoms with Gasteiger partial charge in [0, 0.05) is 70.3 Å². The molecule has 0 bridgehead atoms. The van der Waals surface area contributed by atoms with Crippen molar-refractivity contribution in [2.45, 2.75) is 71.5 Å². The molecule has 1 aromatic heterocycles. The molecular formula is C31H40N4O3S2. The molecule has 0 spiro atoms. The van der Waals surface area contributed by atoms with Crippen LogP contribution in [-0.2, 0) is 9.47 Å². The molecule has 3 heterocycles. The fourth-order valence-electron chi connectivity index (χ4n) is 5.53. The van der Waals surface area contributed by atoms with Gasteiger partial charge in [-0.05, 0) is 69.7 Å². The zero-order chi connectivity index (χ0) is 28.2. The van der Waals surface area contributed by atoms with Gasteiger partial charge in [0.2, 0.25) is 0 Å². The number of aromatic amines is 1. The number of ether oxygens (including phenoxy) is 2. The van der Waals surface area contributed by atoms with Crippen LogP contribution >= 0.6 is 23.5 Å². The molecule has 1 unspecified atom stereocenters. The Hall–Kier alpha value is -2.43. The SMILES string of the molecule is COCC(CN(C(C)C)C(C)C)Nc1ccc2c(c1)Sc1cccc([C@H]3CN(c4ccc[nH]c4=O)CCO3)c1S2. The lowest BCUT2D eigenvalue weighted by Crippen LogP contribution is -2.46. The van der Waals surface area contributed by atoms with Crippen LogP contribution in [0.5, 0.6) is 0 Å². The lowest BCUT2D eigenvalue weighted by atomic mass is 10.1. The maximum absolute atomic E-state index is 12.4. The molecule has 0 radical (unpaired) electrons. The number of anilines is 2. The average molecular weight is 581 g/mol. The number of methoxy groups -OCH3 is 1. The molecule has 2 aliphatic rings. The normalized spacial score (nSPS) is 17.7. The van der Waals surface area contributed by atoms with Crippen molar-refractivity contribution in [3.63, 3.8) is 0 Å². The minimum absolute atomic E-state index is 0.0598. The number of H-pyrrole nitrogens is 1. The van der Waals surface area contributed by atoms with Gasteiger partial charge in [0.15, 0.2) is 0 Å². The quantitative estimate of drug-likeness (QED) is 0.233. The Kier molecular flexibility index (Phi) is 9.48. The molecule has 1 fully saturated rings. The van der Waals surface area contributed by atoms with Crippen molar-refractivity contribution in [2.75, 3.05) is 50.2 Å². The number of hydrogen-bond donors (Lipinski definition) is 2. The lowest BCUT2D eigenvalue weighted by Gasteiger charge is -2.35. The first kappa shape index (κ1) is 29.1. The molecule has 40 heavy (non-hydrogen) atoms. The molecule has 2 atom stereocenters. The van der Waals surface area contributed by atoms with E-state index in [1.165, 1.54) is 25.1 Å². The van der Waals surface area contributed by atoms with Crippen molar-refractivity contribution in [3.05, 3.63) is 70.6 Å². The summed E-state index contributed by atoms with van der Waals surface area (Å²) in [5.41, 5.74) is 2.93. The molecule has 1 saturated heterocycles. The number of benzene rings is 2. The molecule has 214 valence electrons. The highest BCUT2D eigenvalue weighted by Gasteiger charge is 2.29. The highest BCUT2D eigenvalue weighted by molar-refractivity contribution is 8.05. The molecule has 2 N–H and O–H groups in total. The summed E-state index contributed by atoms with van der Waals surface area (Å²) < 4.78 is 11.8. The first-order valence-corrected chi connectivity index (χ1v) is 15.7. The summed E-state index contributed by atoms with van der Waals surface area (Å²) in [4.78, 5) is 24.8. The van der Waals surface area contributed by atoms with Crippen LogP contribution in [0.2, 0.25) is 0 Å². The Labute approximate surface area is 246 Å². The Bertz CT molecular complexity index is 1350. The van der Waals surface area contributed by atoms with Crippen molar-refractivity contribution in [3.8, 4) is 0 Å². The Morgan fingerprint density at radius 2 is 1.90 bits per heavy atom. The third-order valence-corrected chi connectivity index (χ3v) is 10.0. The predicted octanol–water partition coefficient (Wildman–Crippen LogP) is 6.11. The summed E-state index contributed by atoms with van der Waals surface area (Å²) in [7, 11) is 1.77. The number of nitrogens with one attached hydrogen (secondary N) is 2. The first-order chi connectivity index (χ1) is 19.3. The van der Waals surface area contributed by atoms with Crippen LogP contribution in [-0.4, -0.2) is 68.0 Å². The second kappa shape index (κ2) is 13.0. The number of fused-ring (bicyclic) bond motifs is 2. The van der Waals surface area contributed by atoms with Gasteiger partial charge in [-0.1, -0.05) is 35.7 Å². The van der Waals surface area contributed by atoms with E-state index in [1.54, 1.807) is 13.3 Å². The van der Waals surface area contributed by atoms with Gasteiger partial charge in [-0.25, -0.2) is 0 Å². The molecule has 7 nitrogen and oxygen atoms in total. The topological polar surface area (TPSA) is 69.8 Å². The fraction of sp³-hybridized carbons (Fsp3) is 0.452. The minimum Gasteiger partial charge on any atom is -0.383 e. The second-order valence-electron chi connectivity index (χ2n) is 10.9. The zero-order valence-electron chi connectivity index (χ0n) is 24.0. The van der Waals surface area contributed by atoms with E-state index >= 15 is 0 Å². The van der Waals surface area contributed by atoms with Crippen molar-refractivity contribution in [2.24, 2.45) is 0 Å². The van der Waals surface area contributed by atoms with Crippen LogP contribution in [0, 0.1) is 0 Å². The van der Waals surface area contributed by atoms with Gasteiger partial charge in [0.25, 0.3) is 5.56 Å². The van der Waals surface area contributed by atoms with E-state index in [2.05, 4.69) is 84.2 Å². The van der Waals surface area contributed by atoms with Gasteiger partial charge < -0.3 is 24.7 Å². The molecule has 0 saturated carbocycles. The van der Waals surface area contributed by atoms with Crippen molar-refractivity contribution < 1.29 is 9.47 Å². The van der Waals surface area contributed by atoms with Gasteiger partial charge in [-0.15, -0.1) is 0 Å². The monoisotopic (exact) mass is 580 g/mol. The van der Waals surface area contributed by atoms with E-state index in [0.29, 0.717) is 44.1 Å². The molecule has 2 aromatic carbocycles. The van der Waals surface area contributed by atoms with Gasteiger partial charge in [-0.3, -0.25) is 9.69 Å². The molecule has 3 aromatic rings. The lowest BCUT2D eigenvalue weighted by molar-refractivity contribution is 0.0378. The first-order valence-electron chi connectivity index (χ1n) is 14.0. The Morgan fingerprint density at radius 1 is 1.07 bits per heavy atom. The third-order valence-electron chi connectivity index (χ3n) is 7.43. The number of aromatic nitrogens is 1. The third kappa shape index (κ3) is 6.55. The molecule has 9 heteroatoms. The highest BCUT2D eigenvalue weighted by Crippen LogP contribution is 2.51. The largest absolute Gasteiger partial charge is 0.383 e. The van der Waals surface area contributed by atoms with E-state index in [4.69, 9.17) is 9.47 Å². The number of rotatable bonds is 10. The molecule has 5 rings (SSSR count). The van der Waals surface area contributed by atoms with Gasteiger partial charge in [-0.2, -0.15) is 0 Å². The van der Waals surface area contributed by atoms with Gasteiger partial charge in [0.05, 0.1) is 19.3 Å². The molecule has 0 aliphatic carbocycles. The Morgan fingerprint density at radius 3 is 2.65 bits per heavy atom. The summed E-state index contributed by atoms with van der Waals surface area (Å²) in [5.74, 6) is 0. The summed E-state index contributed by atoms with van der Waals surface area (Å²) in [6.45, 7) is 12.5. The second-order valence-corrected chi connectivity index (χ2v) is 13.0. The number of hydrogen-bond acceptors (Lipinski definition) is 8. The zero-order valence-corrected chi connectivity index (χ0v) is 25.6. The van der Waals surface area contributed by atoms with Crippen LogP contribution < -0.4 is 15.8 Å². The maximum Gasteiger partial charge on any atom is 0.271 e. The molecule has 0 amide bonds. The highest BCUT2D eigenvalue weighted by atomic mass is 32.2. The van der Waals surface area contributed by atoms with Gasteiger partial charge >= 0.3 is 0 Å². The van der Waals surface area contributed by atoms with Gasteiger partial charge in [0.1, 0.15) is 11.8 Å². The van der Waals surface area contributed by atoms with Crippen LogP contribution in [0.1, 0.15) is 39.4 Å². The summed E-state index contributed by atoms with van der Waals surface area (Å²) in [6.07, 6.45) is 1.58.